The average molecular weight is 228 g/mol. The minimum atomic E-state index is -0.278. The summed E-state index contributed by atoms with van der Waals surface area (Å²) in [5.74, 6) is 0.638. The first-order valence-electron chi connectivity index (χ1n) is 5.10. The maximum atomic E-state index is 12.9. The Morgan fingerprint density at radius 3 is 2.71 bits per heavy atom. The van der Waals surface area contributed by atoms with Gasteiger partial charge in [-0.15, -0.1) is 0 Å². The van der Waals surface area contributed by atoms with Crippen LogP contribution in [-0.2, 0) is 0 Å². The van der Waals surface area contributed by atoms with E-state index in [1.807, 2.05) is 6.20 Å². The summed E-state index contributed by atoms with van der Waals surface area (Å²) in [4.78, 5) is 8.25. The molecule has 0 saturated heterocycles. The van der Waals surface area contributed by atoms with Gasteiger partial charge in [0.05, 0.1) is 5.69 Å². The number of nitrogens with zero attached hydrogens (tertiary/aromatic N) is 3. The number of nitrogens with two attached hydrogens (primary N) is 1. The number of nitrogen functional groups attached to an aromatic ring is 1. The van der Waals surface area contributed by atoms with Crippen LogP contribution in [0.5, 0.6) is 0 Å². The van der Waals surface area contributed by atoms with Gasteiger partial charge in [0, 0.05) is 18.0 Å². The number of halogens is 1. The fraction of sp³-hybridized carbons (Fsp3) is 0. The summed E-state index contributed by atoms with van der Waals surface area (Å²) in [6.45, 7) is 0. The first kappa shape index (κ1) is 9.77. The summed E-state index contributed by atoms with van der Waals surface area (Å²) in [5.41, 5.74) is 7.40. The van der Waals surface area contributed by atoms with E-state index in [2.05, 4.69) is 9.97 Å². The van der Waals surface area contributed by atoms with Crippen LogP contribution in [-0.4, -0.2) is 14.4 Å². The quantitative estimate of drug-likeness (QED) is 0.694. The fourth-order valence-corrected chi connectivity index (χ4v) is 1.80. The van der Waals surface area contributed by atoms with E-state index in [1.165, 1.54) is 12.1 Å². The zero-order valence-electron chi connectivity index (χ0n) is 8.84. The molecule has 3 rings (SSSR count). The minimum Gasteiger partial charge on any atom is -0.382 e. The van der Waals surface area contributed by atoms with Gasteiger partial charge in [-0.1, -0.05) is 0 Å². The Morgan fingerprint density at radius 2 is 1.94 bits per heavy atom. The average Bonchev–Trinajstić information content (AvgIpc) is 2.66. The van der Waals surface area contributed by atoms with E-state index in [1.54, 1.807) is 28.8 Å². The van der Waals surface area contributed by atoms with E-state index in [0.717, 1.165) is 11.3 Å². The van der Waals surface area contributed by atoms with E-state index < -0.39 is 0 Å². The molecule has 0 aliphatic heterocycles. The maximum Gasteiger partial charge on any atom is 0.236 e. The van der Waals surface area contributed by atoms with E-state index in [0.29, 0.717) is 11.6 Å². The highest BCUT2D eigenvalue weighted by atomic mass is 19.1. The van der Waals surface area contributed by atoms with E-state index >= 15 is 0 Å². The zero-order chi connectivity index (χ0) is 11.8. The standard InChI is InChI=1S/C12H9FN4/c13-9-4-2-8(3-5-9)10-11(14)16-12-15-6-1-7-17(10)12/h1-7H,14H2. The first-order chi connectivity index (χ1) is 8.25. The van der Waals surface area contributed by atoms with Crippen LogP contribution in [0.3, 0.4) is 0 Å². The third-order valence-electron chi connectivity index (χ3n) is 2.55. The molecule has 0 aliphatic rings. The smallest absolute Gasteiger partial charge is 0.236 e. The van der Waals surface area contributed by atoms with Gasteiger partial charge in [0.2, 0.25) is 5.78 Å². The highest BCUT2D eigenvalue weighted by molar-refractivity contribution is 5.74. The van der Waals surface area contributed by atoms with Crippen LogP contribution >= 0.6 is 0 Å². The molecule has 0 fully saturated rings. The van der Waals surface area contributed by atoms with Gasteiger partial charge in [-0.05, 0) is 30.3 Å². The number of imidazole rings is 1. The molecule has 2 aromatic heterocycles. The van der Waals surface area contributed by atoms with Crippen LogP contribution in [0.15, 0.2) is 42.7 Å². The predicted octanol–water partition coefficient (Wildman–Crippen LogP) is 2.12. The lowest BCUT2D eigenvalue weighted by Gasteiger charge is -2.02. The van der Waals surface area contributed by atoms with Crippen molar-refractivity contribution in [3.05, 3.63) is 48.5 Å². The van der Waals surface area contributed by atoms with Crippen LogP contribution in [0, 0.1) is 5.82 Å². The molecule has 4 nitrogen and oxygen atoms in total. The van der Waals surface area contributed by atoms with Gasteiger partial charge in [-0.2, -0.15) is 4.98 Å². The normalized spacial score (nSPS) is 10.9. The highest BCUT2D eigenvalue weighted by Gasteiger charge is 2.11. The number of hydrogen-bond donors (Lipinski definition) is 1. The number of fused-ring (bicyclic) bond motifs is 1. The van der Waals surface area contributed by atoms with Crippen molar-refractivity contribution in [2.45, 2.75) is 0 Å². The molecular weight excluding hydrogens is 219 g/mol. The van der Waals surface area contributed by atoms with Crippen LogP contribution in [0.4, 0.5) is 10.2 Å². The second-order valence-corrected chi connectivity index (χ2v) is 3.64. The van der Waals surface area contributed by atoms with Crippen LogP contribution in [0.1, 0.15) is 0 Å². The summed E-state index contributed by atoms with van der Waals surface area (Å²) < 4.78 is 14.7. The monoisotopic (exact) mass is 228 g/mol. The molecule has 17 heavy (non-hydrogen) atoms. The van der Waals surface area contributed by atoms with Crippen molar-refractivity contribution in [1.29, 1.82) is 0 Å². The van der Waals surface area contributed by atoms with Crippen LogP contribution in [0.2, 0.25) is 0 Å². The largest absolute Gasteiger partial charge is 0.382 e. The van der Waals surface area contributed by atoms with Gasteiger partial charge in [0.25, 0.3) is 0 Å². The topological polar surface area (TPSA) is 56.2 Å². The van der Waals surface area contributed by atoms with Gasteiger partial charge in [-0.25, -0.2) is 9.37 Å². The van der Waals surface area contributed by atoms with Gasteiger partial charge < -0.3 is 5.73 Å². The highest BCUT2D eigenvalue weighted by Crippen LogP contribution is 2.26. The number of benzene rings is 1. The molecule has 0 aliphatic carbocycles. The molecule has 0 spiro atoms. The number of aromatic nitrogens is 3. The van der Waals surface area contributed by atoms with Crippen molar-refractivity contribution in [1.82, 2.24) is 14.4 Å². The second-order valence-electron chi connectivity index (χ2n) is 3.64. The van der Waals surface area contributed by atoms with Crippen LogP contribution < -0.4 is 5.73 Å². The summed E-state index contributed by atoms with van der Waals surface area (Å²) in [5, 5.41) is 0. The molecule has 0 saturated carbocycles. The molecule has 84 valence electrons. The Balaban J connectivity index is 2.29. The van der Waals surface area contributed by atoms with Gasteiger partial charge in [-0.3, -0.25) is 4.40 Å². The summed E-state index contributed by atoms with van der Waals surface area (Å²) in [6, 6.07) is 7.92. The number of anilines is 1. The Bertz CT molecular complexity index is 673. The SMILES string of the molecule is Nc1nc2ncccn2c1-c1ccc(F)cc1. The van der Waals surface area contributed by atoms with Crippen molar-refractivity contribution >= 4 is 11.6 Å². The fourth-order valence-electron chi connectivity index (χ4n) is 1.80. The summed E-state index contributed by atoms with van der Waals surface area (Å²) >= 11 is 0. The molecule has 0 amide bonds. The van der Waals surface area contributed by atoms with E-state index in [9.17, 15) is 4.39 Å². The van der Waals surface area contributed by atoms with Crippen molar-refractivity contribution in [3.63, 3.8) is 0 Å². The Labute approximate surface area is 96.6 Å². The Morgan fingerprint density at radius 1 is 1.18 bits per heavy atom. The molecule has 3 aromatic rings. The van der Waals surface area contributed by atoms with Crippen molar-refractivity contribution in [2.24, 2.45) is 0 Å². The predicted molar refractivity (Wildman–Crippen MR) is 62.8 cm³/mol. The number of rotatable bonds is 1. The van der Waals surface area contributed by atoms with Crippen LogP contribution in [0.25, 0.3) is 17.0 Å². The minimum absolute atomic E-state index is 0.278. The molecule has 0 radical (unpaired) electrons. The molecule has 0 atom stereocenters. The molecule has 0 unspecified atom stereocenters. The third-order valence-corrected chi connectivity index (χ3v) is 2.55. The molecule has 0 bridgehead atoms. The maximum absolute atomic E-state index is 12.9. The third kappa shape index (κ3) is 1.52. The lowest BCUT2D eigenvalue weighted by molar-refractivity contribution is 0.628. The molecular formula is C12H9FN4. The molecule has 5 heteroatoms. The van der Waals surface area contributed by atoms with Gasteiger partial charge in [0.1, 0.15) is 5.82 Å². The van der Waals surface area contributed by atoms with E-state index in [4.69, 9.17) is 5.73 Å². The molecule has 2 heterocycles. The van der Waals surface area contributed by atoms with E-state index in [-0.39, 0.29) is 5.82 Å². The summed E-state index contributed by atoms with van der Waals surface area (Å²) in [7, 11) is 0. The van der Waals surface area contributed by atoms with Gasteiger partial charge in [0.15, 0.2) is 5.82 Å². The molecule has 2 N–H and O–H groups in total. The van der Waals surface area contributed by atoms with Crippen molar-refractivity contribution in [3.8, 4) is 11.3 Å². The van der Waals surface area contributed by atoms with Crippen molar-refractivity contribution < 1.29 is 4.39 Å². The zero-order valence-corrected chi connectivity index (χ0v) is 8.84. The lowest BCUT2D eigenvalue weighted by atomic mass is 10.1. The first-order valence-corrected chi connectivity index (χ1v) is 5.10. The second kappa shape index (κ2) is 3.55. The lowest BCUT2D eigenvalue weighted by Crippen LogP contribution is -1.92. The summed E-state index contributed by atoms with van der Waals surface area (Å²) in [6.07, 6.45) is 3.47. The van der Waals surface area contributed by atoms with Crippen molar-refractivity contribution in [2.75, 3.05) is 5.73 Å². The Hall–Kier alpha value is -2.43. The number of hydrogen-bond acceptors (Lipinski definition) is 3. The van der Waals surface area contributed by atoms with Gasteiger partial charge >= 0.3 is 0 Å². The molecule has 1 aromatic carbocycles. The Kier molecular flexibility index (Phi) is 2.04.